The van der Waals surface area contributed by atoms with Crippen LogP contribution in [0.25, 0.3) is 0 Å². The molecule has 0 atom stereocenters. The maximum absolute atomic E-state index is 12.3. The van der Waals surface area contributed by atoms with Crippen LogP contribution in [0.1, 0.15) is 21.6 Å². The Morgan fingerprint density at radius 1 is 1.28 bits per heavy atom. The highest BCUT2D eigenvalue weighted by molar-refractivity contribution is 5.94. The van der Waals surface area contributed by atoms with E-state index in [4.69, 9.17) is 4.74 Å². The van der Waals surface area contributed by atoms with Gasteiger partial charge in [-0.05, 0) is 36.8 Å². The van der Waals surface area contributed by atoms with Crippen molar-refractivity contribution in [1.29, 1.82) is 0 Å². The molecule has 0 unspecified atom stereocenters. The van der Waals surface area contributed by atoms with Crippen molar-refractivity contribution < 1.29 is 9.53 Å². The lowest BCUT2D eigenvalue weighted by atomic mass is 10.1. The van der Waals surface area contributed by atoms with Crippen molar-refractivity contribution in [3.8, 4) is 5.75 Å². The first-order valence-corrected chi connectivity index (χ1v) is 8.09. The third-order valence-corrected chi connectivity index (χ3v) is 3.69. The molecule has 0 fully saturated rings. The molecule has 0 radical (unpaired) electrons. The molecule has 0 spiro atoms. The molecule has 25 heavy (non-hydrogen) atoms. The number of ether oxygens (including phenoxy) is 1. The number of hydrogen-bond donors (Lipinski definition) is 1. The van der Waals surface area contributed by atoms with Crippen molar-refractivity contribution in [3.63, 3.8) is 0 Å². The van der Waals surface area contributed by atoms with Gasteiger partial charge in [-0.15, -0.1) is 0 Å². The molecule has 2 aromatic heterocycles. The van der Waals surface area contributed by atoms with Crippen molar-refractivity contribution in [3.05, 3.63) is 78.1 Å². The monoisotopic (exact) mass is 336 g/mol. The zero-order chi connectivity index (χ0) is 17.5. The van der Waals surface area contributed by atoms with E-state index in [2.05, 4.69) is 15.3 Å². The van der Waals surface area contributed by atoms with Gasteiger partial charge in [0.15, 0.2) is 0 Å². The van der Waals surface area contributed by atoms with Gasteiger partial charge in [0.05, 0.1) is 12.5 Å². The fraction of sp³-hybridized carbons (Fsp3) is 0.211. The van der Waals surface area contributed by atoms with E-state index in [1.807, 2.05) is 48.0 Å². The first kappa shape index (κ1) is 16.7. The van der Waals surface area contributed by atoms with E-state index in [1.165, 1.54) is 0 Å². The first-order valence-electron chi connectivity index (χ1n) is 8.09. The van der Waals surface area contributed by atoms with Gasteiger partial charge >= 0.3 is 0 Å². The first-order chi connectivity index (χ1) is 12.2. The topological polar surface area (TPSA) is 69.0 Å². The molecule has 0 saturated heterocycles. The van der Waals surface area contributed by atoms with Gasteiger partial charge in [-0.25, -0.2) is 4.98 Å². The zero-order valence-electron chi connectivity index (χ0n) is 14.1. The summed E-state index contributed by atoms with van der Waals surface area (Å²) in [5, 5.41) is 2.91. The number of hydrogen-bond acceptors (Lipinski definition) is 4. The van der Waals surface area contributed by atoms with Gasteiger partial charge in [0.1, 0.15) is 12.4 Å². The lowest BCUT2D eigenvalue weighted by Gasteiger charge is -2.09. The summed E-state index contributed by atoms with van der Waals surface area (Å²) in [6, 6.07) is 11.2. The summed E-state index contributed by atoms with van der Waals surface area (Å²) >= 11 is 0. The normalized spacial score (nSPS) is 10.4. The predicted molar refractivity (Wildman–Crippen MR) is 94.3 cm³/mol. The number of aromatic nitrogens is 3. The highest BCUT2D eigenvalue weighted by Crippen LogP contribution is 2.12. The maximum atomic E-state index is 12.3. The van der Waals surface area contributed by atoms with Gasteiger partial charge in [0, 0.05) is 36.7 Å². The van der Waals surface area contributed by atoms with Crippen LogP contribution in [0, 0.1) is 6.92 Å². The van der Waals surface area contributed by atoms with E-state index >= 15 is 0 Å². The SMILES string of the molecule is Cc1ccc(OCc2cccc(C(=O)NCCn3ccnc3)c2)cn1. The third-order valence-electron chi connectivity index (χ3n) is 3.69. The molecule has 3 rings (SSSR count). The van der Waals surface area contributed by atoms with E-state index in [1.54, 1.807) is 24.8 Å². The smallest absolute Gasteiger partial charge is 0.251 e. The molecule has 6 nitrogen and oxygen atoms in total. The van der Waals surface area contributed by atoms with Gasteiger partial charge in [-0.2, -0.15) is 0 Å². The molecule has 0 aliphatic heterocycles. The quantitative estimate of drug-likeness (QED) is 0.720. The van der Waals surface area contributed by atoms with E-state index in [9.17, 15) is 4.79 Å². The minimum absolute atomic E-state index is 0.0982. The molecule has 1 amide bonds. The second-order valence-electron chi connectivity index (χ2n) is 5.68. The standard InChI is InChI=1S/C19H20N4O2/c1-15-5-6-18(12-22-15)25-13-16-3-2-4-17(11-16)19(24)21-8-10-23-9-7-20-14-23/h2-7,9,11-12,14H,8,10,13H2,1H3,(H,21,24). The van der Waals surface area contributed by atoms with Crippen LogP contribution < -0.4 is 10.1 Å². The Morgan fingerprint density at radius 2 is 2.20 bits per heavy atom. The fourth-order valence-corrected chi connectivity index (χ4v) is 2.33. The van der Waals surface area contributed by atoms with E-state index in [0.717, 1.165) is 11.3 Å². The Kier molecular flexibility index (Phi) is 5.41. The van der Waals surface area contributed by atoms with Crippen molar-refractivity contribution in [1.82, 2.24) is 19.9 Å². The Bertz CT molecular complexity index is 814. The Balaban J connectivity index is 1.53. The minimum atomic E-state index is -0.0982. The molecule has 0 saturated carbocycles. The number of aryl methyl sites for hydroxylation is 1. The maximum Gasteiger partial charge on any atom is 0.251 e. The molecular weight excluding hydrogens is 316 g/mol. The molecule has 2 heterocycles. The van der Waals surface area contributed by atoms with Gasteiger partial charge < -0.3 is 14.6 Å². The van der Waals surface area contributed by atoms with E-state index in [0.29, 0.717) is 31.0 Å². The Morgan fingerprint density at radius 3 is 2.96 bits per heavy atom. The lowest BCUT2D eigenvalue weighted by molar-refractivity contribution is 0.0952. The second-order valence-corrected chi connectivity index (χ2v) is 5.68. The number of carbonyl (C=O) groups is 1. The minimum Gasteiger partial charge on any atom is -0.487 e. The van der Waals surface area contributed by atoms with Gasteiger partial charge in [0.2, 0.25) is 0 Å². The zero-order valence-corrected chi connectivity index (χ0v) is 14.1. The molecule has 0 bridgehead atoms. The number of imidazole rings is 1. The van der Waals surface area contributed by atoms with Crippen molar-refractivity contribution in [2.45, 2.75) is 20.1 Å². The van der Waals surface area contributed by atoms with Crippen LogP contribution in [0.3, 0.4) is 0 Å². The largest absolute Gasteiger partial charge is 0.487 e. The average molecular weight is 336 g/mol. The number of nitrogens with one attached hydrogen (secondary N) is 1. The number of carbonyl (C=O) groups excluding carboxylic acids is 1. The molecule has 1 N–H and O–H groups in total. The number of pyridine rings is 1. The summed E-state index contributed by atoms with van der Waals surface area (Å²) in [5.41, 5.74) is 2.50. The van der Waals surface area contributed by atoms with Crippen molar-refractivity contribution >= 4 is 5.91 Å². The lowest BCUT2D eigenvalue weighted by Crippen LogP contribution is -2.27. The number of benzene rings is 1. The Hall–Kier alpha value is -3.15. The summed E-state index contributed by atoms with van der Waals surface area (Å²) < 4.78 is 7.62. The molecule has 0 aliphatic carbocycles. The van der Waals surface area contributed by atoms with Crippen molar-refractivity contribution in [2.24, 2.45) is 0 Å². The second kappa shape index (κ2) is 8.10. The summed E-state index contributed by atoms with van der Waals surface area (Å²) in [4.78, 5) is 20.4. The third kappa shape index (κ3) is 4.91. The van der Waals surface area contributed by atoms with Crippen LogP contribution in [0.5, 0.6) is 5.75 Å². The van der Waals surface area contributed by atoms with Crippen LogP contribution in [0.4, 0.5) is 0 Å². The molecule has 6 heteroatoms. The number of rotatable bonds is 7. The number of amides is 1. The fourth-order valence-electron chi connectivity index (χ4n) is 2.33. The van der Waals surface area contributed by atoms with Crippen LogP contribution >= 0.6 is 0 Å². The highest BCUT2D eigenvalue weighted by atomic mass is 16.5. The highest BCUT2D eigenvalue weighted by Gasteiger charge is 2.06. The van der Waals surface area contributed by atoms with E-state index < -0.39 is 0 Å². The summed E-state index contributed by atoms with van der Waals surface area (Å²) in [6.45, 7) is 3.56. The summed E-state index contributed by atoms with van der Waals surface area (Å²) in [7, 11) is 0. The van der Waals surface area contributed by atoms with Crippen LogP contribution in [0.15, 0.2) is 61.3 Å². The summed E-state index contributed by atoms with van der Waals surface area (Å²) in [6.07, 6.45) is 7.00. The number of nitrogens with zero attached hydrogens (tertiary/aromatic N) is 3. The van der Waals surface area contributed by atoms with Crippen molar-refractivity contribution in [2.75, 3.05) is 6.54 Å². The Labute approximate surface area is 146 Å². The summed E-state index contributed by atoms with van der Waals surface area (Å²) in [5.74, 6) is 0.611. The molecule has 1 aromatic carbocycles. The van der Waals surface area contributed by atoms with Gasteiger partial charge in [-0.3, -0.25) is 9.78 Å². The van der Waals surface area contributed by atoms with E-state index in [-0.39, 0.29) is 5.91 Å². The molecule has 128 valence electrons. The predicted octanol–water partition coefficient (Wildman–Crippen LogP) is 2.60. The van der Waals surface area contributed by atoms with Crippen LogP contribution in [-0.4, -0.2) is 27.0 Å². The average Bonchev–Trinajstić information content (AvgIpc) is 3.15. The molecule has 3 aromatic rings. The van der Waals surface area contributed by atoms with Gasteiger partial charge in [0.25, 0.3) is 5.91 Å². The molecular formula is C19H20N4O2. The van der Waals surface area contributed by atoms with Gasteiger partial charge in [-0.1, -0.05) is 12.1 Å². The molecule has 0 aliphatic rings. The van der Waals surface area contributed by atoms with Crippen LogP contribution in [0.2, 0.25) is 0 Å². The van der Waals surface area contributed by atoms with Crippen LogP contribution in [-0.2, 0) is 13.2 Å².